The average Bonchev–Trinajstić information content (AvgIpc) is 2.10. The minimum Gasteiger partial charge on any atom is -0.293 e. The van der Waals surface area contributed by atoms with Gasteiger partial charge in [0.1, 0.15) is 0 Å². The Bertz CT molecular complexity index is 103. The highest BCUT2D eigenvalue weighted by atomic mass is 19.3. The van der Waals surface area contributed by atoms with E-state index < -0.39 is 5.92 Å². The van der Waals surface area contributed by atoms with Crippen molar-refractivity contribution in [1.29, 1.82) is 0 Å². The van der Waals surface area contributed by atoms with Crippen LogP contribution in [-0.2, 0) is 0 Å². The number of likely N-dealkylation sites (tertiary alicyclic amines) is 1. The Balaban J connectivity index is 2.38. The number of hydrogen-bond donors (Lipinski definition) is 0. The standard InChI is InChI=1S/C6H10F2N/c1-2-9-4-3-6(7,8)5-9/h2H,3-5H2,1H3. The smallest absolute Gasteiger partial charge is 0.261 e. The second kappa shape index (κ2) is 2.21. The Morgan fingerprint density at radius 2 is 2.22 bits per heavy atom. The maximum atomic E-state index is 12.3. The van der Waals surface area contributed by atoms with E-state index in [-0.39, 0.29) is 13.0 Å². The highest BCUT2D eigenvalue weighted by Gasteiger charge is 2.37. The molecule has 53 valence electrons. The molecule has 0 aromatic rings. The van der Waals surface area contributed by atoms with Gasteiger partial charge in [-0.25, -0.2) is 8.78 Å². The Morgan fingerprint density at radius 3 is 2.44 bits per heavy atom. The molecule has 1 aliphatic heterocycles. The summed E-state index contributed by atoms with van der Waals surface area (Å²) in [7, 11) is 0. The highest BCUT2D eigenvalue weighted by molar-refractivity contribution is 4.83. The lowest BCUT2D eigenvalue weighted by Gasteiger charge is -2.10. The summed E-state index contributed by atoms with van der Waals surface area (Å²) < 4.78 is 24.6. The molecule has 0 aromatic heterocycles. The fourth-order valence-corrected chi connectivity index (χ4v) is 0.983. The van der Waals surface area contributed by atoms with Gasteiger partial charge in [0.05, 0.1) is 6.54 Å². The zero-order valence-electron chi connectivity index (χ0n) is 5.40. The number of halogens is 2. The van der Waals surface area contributed by atoms with Gasteiger partial charge in [-0.3, -0.25) is 4.90 Å². The van der Waals surface area contributed by atoms with Crippen LogP contribution in [0.15, 0.2) is 0 Å². The first kappa shape index (κ1) is 6.93. The lowest BCUT2D eigenvalue weighted by Crippen LogP contribution is -2.22. The monoisotopic (exact) mass is 134 g/mol. The van der Waals surface area contributed by atoms with Gasteiger partial charge >= 0.3 is 0 Å². The van der Waals surface area contributed by atoms with E-state index in [9.17, 15) is 8.78 Å². The molecule has 1 radical (unpaired) electrons. The van der Waals surface area contributed by atoms with Crippen LogP contribution in [0, 0.1) is 6.54 Å². The molecule has 0 saturated carbocycles. The summed E-state index contributed by atoms with van der Waals surface area (Å²) >= 11 is 0. The molecule has 0 N–H and O–H groups in total. The fraction of sp³-hybridized carbons (Fsp3) is 0.833. The third kappa shape index (κ3) is 1.61. The summed E-state index contributed by atoms with van der Waals surface area (Å²) in [4.78, 5) is 1.64. The molecular weight excluding hydrogens is 124 g/mol. The molecule has 3 heteroatoms. The van der Waals surface area contributed by atoms with Crippen molar-refractivity contribution >= 4 is 0 Å². The van der Waals surface area contributed by atoms with Gasteiger partial charge < -0.3 is 0 Å². The predicted octanol–water partition coefficient (Wildman–Crippen LogP) is 1.51. The van der Waals surface area contributed by atoms with Crippen LogP contribution < -0.4 is 0 Å². The Labute approximate surface area is 53.6 Å². The van der Waals surface area contributed by atoms with Crippen LogP contribution >= 0.6 is 0 Å². The fourth-order valence-electron chi connectivity index (χ4n) is 0.983. The first-order valence-corrected chi connectivity index (χ1v) is 3.05. The van der Waals surface area contributed by atoms with Crippen molar-refractivity contribution in [3.8, 4) is 0 Å². The van der Waals surface area contributed by atoms with E-state index in [0.29, 0.717) is 6.54 Å². The summed E-state index contributed by atoms with van der Waals surface area (Å²) in [5.41, 5.74) is 0. The predicted molar refractivity (Wildman–Crippen MR) is 31.1 cm³/mol. The van der Waals surface area contributed by atoms with Crippen molar-refractivity contribution in [1.82, 2.24) is 4.90 Å². The molecule has 0 spiro atoms. The minimum absolute atomic E-state index is 0.0112. The third-order valence-corrected chi connectivity index (χ3v) is 1.56. The van der Waals surface area contributed by atoms with Crippen molar-refractivity contribution < 1.29 is 8.78 Å². The Morgan fingerprint density at radius 1 is 1.56 bits per heavy atom. The number of alkyl halides is 2. The normalized spacial score (nSPS) is 27.0. The molecule has 1 nitrogen and oxygen atoms in total. The average molecular weight is 134 g/mol. The van der Waals surface area contributed by atoms with Gasteiger partial charge in [-0.05, 0) is 6.92 Å². The zero-order chi connectivity index (χ0) is 6.91. The van der Waals surface area contributed by atoms with Crippen LogP contribution in [-0.4, -0.2) is 23.9 Å². The van der Waals surface area contributed by atoms with E-state index >= 15 is 0 Å². The third-order valence-electron chi connectivity index (χ3n) is 1.56. The summed E-state index contributed by atoms with van der Waals surface area (Å²) in [6, 6.07) is 0. The Kier molecular flexibility index (Phi) is 1.70. The maximum absolute atomic E-state index is 12.3. The zero-order valence-corrected chi connectivity index (χ0v) is 5.40. The molecule has 0 unspecified atom stereocenters. The maximum Gasteiger partial charge on any atom is 0.261 e. The SMILES string of the molecule is C[CH]N1CCC(F)(F)C1. The summed E-state index contributed by atoms with van der Waals surface area (Å²) in [6.45, 7) is 3.90. The van der Waals surface area contributed by atoms with E-state index in [1.165, 1.54) is 0 Å². The summed E-state index contributed by atoms with van der Waals surface area (Å²) in [6.07, 6.45) is 0.0112. The van der Waals surface area contributed by atoms with E-state index in [1.54, 1.807) is 18.4 Å². The van der Waals surface area contributed by atoms with E-state index in [0.717, 1.165) is 0 Å². The van der Waals surface area contributed by atoms with Crippen LogP contribution in [0.2, 0.25) is 0 Å². The van der Waals surface area contributed by atoms with Crippen molar-refractivity contribution in [3.05, 3.63) is 6.54 Å². The Hall–Kier alpha value is -0.180. The van der Waals surface area contributed by atoms with Crippen molar-refractivity contribution in [3.63, 3.8) is 0 Å². The van der Waals surface area contributed by atoms with Crippen molar-refractivity contribution in [2.24, 2.45) is 0 Å². The molecule has 0 aliphatic carbocycles. The van der Waals surface area contributed by atoms with Gasteiger partial charge in [-0.2, -0.15) is 0 Å². The number of nitrogens with zero attached hydrogens (tertiary/aromatic N) is 1. The quantitative estimate of drug-likeness (QED) is 0.525. The van der Waals surface area contributed by atoms with Gasteiger partial charge in [0.25, 0.3) is 5.92 Å². The first-order valence-electron chi connectivity index (χ1n) is 3.05. The van der Waals surface area contributed by atoms with Gasteiger partial charge in [0.15, 0.2) is 0 Å². The van der Waals surface area contributed by atoms with Gasteiger partial charge in [0, 0.05) is 19.5 Å². The van der Waals surface area contributed by atoms with E-state index in [2.05, 4.69) is 0 Å². The number of hydrogen-bond acceptors (Lipinski definition) is 1. The first-order chi connectivity index (χ1) is 4.14. The summed E-state index contributed by atoms with van der Waals surface area (Å²) in [5.74, 6) is -2.44. The second-order valence-electron chi connectivity index (χ2n) is 2.33. The van der Waals surface area contributed by atoms with Crippen LogP contribution in [0.1, 0.15) is 13.3 Å². The second-order valence-corrected chi connectivity index (χ2v) is 2.33. The van der Waals surface area contributed by atoms with Gasteiger partial charge in [0.2, 0.25) is 0 Å². The lowest BCUT2D eigenvalue weighted by atomic mass is 10.3. The molecule has 1 rings (SSSR count). The van der Waals surface area contributed by atoms with Crippen LogP contribution in [0.4, 0.5) is 8.78 Å². The van der Waals surface area contributed by atoms with Gasteiger partial charge in [-0.15, -0.1) is 0 Å². The molecule has 1 heterocycles. The molecule has 1 saturated heterocycles. The molecular formula is C6H10F2N. The van der Waals surface area contributed by atoms with E-state index in [4.69, 9.17) is 0 Å². The van der Waals surface area contributed by atoms with Crippen LogP contribution in [0.25, 0.3) is 0 Å². The molecule has 1 fully saturated rings. The summed E-state index contributed by atoms with van der Waals surface area (Å²) in [5, 5.41) is 0. The van der Waals surface area contributed by atoms with E-state index in [1.807, 2.05) is 0 Å². The highest BCUT2D eigenvalue weighted by Crippen LogP contribution is 2.26. The minimum atomic E-state index is -2.44. The molecule has 0 bridgehead atoms. The lowest BCUT2D eigenvalue weighted by molar-refractivity contribution is 0.0148. The van der Waals surface area contributed by atoms with Crippen LogP contribution in [0.3, 0.4) is 0 Å². The molecule has 1 aliphatic rings. The number of rotatable bonds is 1. The molecule has 0 aromatic carbocycles. The van der Waals surface area contributed by atoms with Crippen molar-refractivity contribution in [2.75, 3.05) is 13.1 Å². The topological polar surface area (TPSA) is 3.24 Å². The largest absolute Gasteiger partial charge is 0.293 e. The van der Waals surface area contributed by atoms with Gasteiger partial charge in [-0.1, -0.05) is 0 Å². The molecule has 0 atom stereocenters. The molecule has 9 heavy (non-hydrogen) atoms. The van der Waals surface area contributed by atoms with Crippen LogP contribution in [0.5, 0.6) is 0 Å². The van der Waals surface area contributed by atoms with Crippen molar-refractivity contribution in [2.45, 2.75) is 19.3 Å². The molecule has 0 amide bonds.